The minimum absolute atomic E-state index is 0.0728. The topological polar surface area (TPSA) is 56.4 Å². The van der Waals surface area contributed by atoms with E-state index in [1.165, 1.54) is 33.1 Å². The number of fused-ring (bicyclic) bond motifs is 1. The zero-order chi connectivity index (χ0) is 20.9. The summed E-state index contributed by atoms with van der Waals surface area (Å²) < 4.78 is 34.3. The van der Waals surface area contributed by atoms with Crippen LogP contribution >= 0.6 is 0 Å². The molecule has 0 bridgehead atoms. The smallest absolute Gasteiger partial charge is 0.387 e. The van der Waals surface area contributed by atoms with E-state index in [-0.39, 0.29) is 11.7 Å². The van der Waals surface area contributed by atoms with Crippen molar-refractivity contribution in [2.45, 2.75) is 19.6 Å². The lowest BCUT2D eigenvalue weighted by molar-refractivity contribution is -1.02. The first kappa shape index (κ1) is 20.6. The van der Waals surface area contributed by atoms with Crippen LogP contribution in [0.2, 0.25) is 0 Å². The molecule has 8 heteroatoms. The molecular formula is C22H27F2N3O3+2. The molecule has 0 spiro atoms. The molecule has 2 aromatic carbocycles. The Morgan fingerprint density at radius 1 is 1.07 bits per heavy atom. The number of halogens is 2. The maximum atomic E-state index is 12.3. The number of benzene rings is 2. The van der Waals surface area contributed by atoms with Crippen LogP contribution in [0.25, 0.3) is 0 Å². The molecule has 0 radical (unpaired) electrons. The average Bonchev–Trinajstić information content (AvgIpc) is 3.18. The highest BCUT2D eigenvalue weighted by Gasteiger charge is 2.25. The SMILES string of the molecule is O=C(C[NH+]1CC[NH+](Cc2ccc3c(c2)CCO3)CC1)Nc1ccc(OC(F)F)cc1. The van der Waals surface area contributed by atoms with Crippen molar-refractivity contribution in [3.63, 3.8) is 0 Å². The van der Waals surface area contributed by atoms with Gasteiger partial charge in [0.2, 0.25) is 0 Å². The molecule has 2 heterocycles. The molecule has 4 rings (SSSR count). The highest BCUT2D eigenvalue weighted by molar-refractivity contribution is 5.91. The van der Waals surface area contributed by atoms with Gasteiger partial charge in [0.25, 0.3) is 5.91 Å². The van der Waals surface area contributed by atoms with Gasteiger partial charge in [-0.3, -0.25) is 4.79 Å². The summed E-state index contributed by atoms with van der Waals surface area (Å²) in [5, 5.41) is 2.82. The molecule has 1 saturated heterocycles. The summed E-state index contributed by atoms with van der Waals surface area (Å²) in [5.74, 6) is 1.02. The van der Waals surface area contributed by atoms with E-state index < -0.39 is 6.61 Å². The standard InChI is InChI=1S/C22H25F2N3O3/c23-22(24)30-19-4-2-18(3-5-19)25-21(28)15-27-10-8-26(9-11-27)14-16-1-6-20-17(13-16)7-12-29-20/h1-6,13,22H,7-12,14-15H2,(H,25,28)/p+2. The largest absolute Gasteiger partial charge is 0.493 e. The number of piperazine rings is 1. The van der Waals surface area contributed by atoms with Crippen molar-refractivity contribution in [1.82, 2.24) is 0 Å². The van der Waals surface area contributed by atoms with Gasteiger partial charge in [-0.2, -0.15) is 8.78 Å². The molecule has 0 atom stereocenters. The van der Waals surface area contributed by atoms with Crippen molar-refractivity contribution in [3.8, 4) is 11.5 Å². The number of carbonyl (C=O) groups is 1. The number of hydrogen-bond donors (Lipinski definition) is 3. The minimum atomic E-state index is -2.86. The zero-order valence-electron chi connectivity index (χ0n) is 16.8. The third kappa shape index (κ3) is 5.46. The number of ether oxygens (including phenoxy) is 2. The number of amides is 1. The van der Waals surface area contributed by atoms with Crippen molar-refractivity contribution < 1.29 is 32.8 Å². The highest BCUT2D eigenvalue weighted by Crippen LogP contribution is 2.25. The van der Waals surface area contributed by atoms with E-state index in [0.717, 1.165) is 51.5 Å². The fraction of sp³-hybridized carbons (Fsp3) is 0.409. The van der Waals surface area contributed by atoms with Crippen LogP contribution in [-0.4, -0.2) is 51.8 Å². The molecular weight excluding hydrogens is 392 g/mol. The summed E-state index contributed by atoms with van der Waals surface area (Å²) in [6, 6.07) is 12.5. The van der Waals surface area contributed by atoms with Gasteiger partial charge in [0.05, 0.1) is 6.61 Å². The summed E-state index contributed by atoms with van der Waals surface area (Å²) in [6.07, 6.45) is 0.994. The Hall–Kier alpha value is -2.71. The van der Waals surface area contributed by atoms with Gasteiger partial charge in [-0.05, 0) is 48.0 Å². The number of hydrogen-bond acceptors (Lipinski definition) is 3. The Kier molecular flexibility index (Phi) is 6.44. The van der Waals surface area contributed by atoms with Gasteiger partial charge < -0.3 is 24.6 Å². The summed E-state index contributed by atoms with van der Waals surface area (Å²) >= 11 is 0. The molecule has 160 valence electrons. The molecule has 30 heavy (non-hydrogen) atoms. The van der Waals surface area contributed by atoms with Crippen LogP contribution in [0.15, 0.2) is 42.5 Å². The summed E-state index contributed by atoms with van der Waals surface area (Å²) in [5.41, 5.74) is 3.22. The lowest BCUT2D eigenvalue weighted by atomic mass is 10.1. The first-order valence-corrected chi connectivity index (χ1v) is 10.3. The molecule has 0 saturated carbocycles. The van der Waals surface area contributed by atoms with Crippen molar-refractivity contribution >= 4 is 11.6 Å². The Labute approximate surface area is 174 Å². The molecule has 6 nitrogen and oxygen atoms in total. The predicted octanol–water partition coefficient (Wildman–Crippen LogP) is 0.145. The lowest BCUT2D eigenvalue weighted by Gasteiger charge is -2.29. The Morgan fingerprint density at radius 2 is 1.80 bits per heavy atom. The van der Waals surface area contributed by atoms with Crippen LogP contribution in [0, 0.1) is 0 Å². The van der Waals surface area contributed by atoms with Gasteiger partial charge in [-0.1, -0.05) is 0 Å². The van der Waals surface area contributed by atoms with Crippen molar-refractivity contribution in [2.24, 2.45) is 0 Å². The van der Waals surface area contributed by atoms with E-state index in [4.69, 9.17) is 4.74 Å². The van der Waals surface area contributed by atoms with E-state index in [2.05, 4.69) is 28.3 Å². The monoisotopic (exact) mass is 419 g/mol. The van der Waals surface area contributed by atoms with Crippen LogP contribution in [0.5, 0.6) is 11.5 Å². The summed E-state index contributed by atoms with van der Waals surface area (Å²) in [6.45, 7) is 3.26. The maximum Gasteiger partial charge on any atom is 0.387 e. The number of rotatable bonds is 7. The molecule has 1 fully saturated rings. The van der Waals surface area contributed by atoms with Crippen molar-refractivity contribution in [1.29, 1.82) is 0 Å². The molecule has 2 aliphatic heterocycles. The van der Waals surface area contributed by atoms with E-state index in [1.54, 1.807) is 12.1 Å². The molecule has 2 aromatic rings. The minimum Gasteiger partial charge on any atom is -0.493 e. The van der Waals surface area contributed by atoms with Gasteiger partial charge in [0, 0.05) is 17.7 Å². The van der Waals surface area contributed by atoms with E-state index in [0.29, 0.717) is 12.2 Å². The number of nitrogens with one attached hydrogen (secondary N) is 3. The molecule has 3 N–H and O–H groups in total. The molecule has 0 aliphatic carbocycles. The Bertz CT molecular complexity index is 868. The van der Waals surface area contributed by atoms with E-state index >= 15 is 0 Å². The molecule has 0 unspecified atom stereocenters. The van der Waals surface area contributed by atoms with Crippen LogP contribution in [0.4, 0.5) is 14.5 Å². The first-order chi connectivity index (χ1) is 14.5. The lowest BCUT2D eigenvalue weighted by Crippen LogP contribution is -3.28. The fourth-order valence-electron chi connectivity index (χ4n) is 4.10. The second kappa shape index (κ2) is 9.40. The zero-order valence-corrected chi connectivity index (χ0v) is 16.8. The van der Waals surface area contributed by atoms with Gasteiger partial charge >= 0.3 is 6.61 Å². The van der Waals surface area contributed by atoms with E-state index in [1.807, 2.05) is 0 Å². The van der Waals surface area contributed by atoms with Gasteiger partial charge in [0.1, 0.15) is 44.2 Å². The van der Waals surface area contributed by atoms with Gasteiger partial charge in [0.15, 0.2) is 6.54 Å². The second-order valence-electron chi connectivity index (χ2n) is 7.85. The number of alkyl halides is 2. The average molecular weight is 419 g/mol. The van der Waals surface area contributed by atoms with Crippen LogP contribution in [0.1, 0.15) is 11.1 Å². The normalized spacial score (nSPS) is 20.5. The summed E-state index contributed by atoms with van der Waals surface area (Å²) in [4.78, 5) is 15.1. The maximum absolute atomic E-state index is 12.3. The third-order valence-corrected chi connectivity index (χ3v) is 5.65. The van der Waals surface area contributed by atoms with Crippen LogP contribution < -0.4 is 24.6 Å². The first-order valence-electron chi connectivity index (χ1n) is 10.3. The third-order valence-electron chi connectivity index (χ3n) is 5.65. The molecule has 1 amide bonds. The van der Waals surface area contributed by atoms with E-state index in [9.17, 15) is 13.6 Å². The number of quaternary nitrogens is 2. The Morgan fingerprint density at radius 3 is 2.53 bits per heavy atom. The highest BCUT2D eigenvalue weighted by atomic mass is 19.3. The predicted molar refractivity (Wildman–Crippen MR) is 107 cm³/mol. The quantitative estimate of drug-likeness (QED) is 0.599. The summed E-state index contributed by atoms with van der Waals surface area (Å²) in [7, 11) is 0. The van der Waals surface area contributed by atoms with Crippen LogP contribution in [0.3, 0.4) is 0 Å². The van der Waals surface area contributed by atoms with Gasteiger partial charge in [-0.15, -0.1) is 0 Å². The van der Waals surface area contributed by atoms with Gasteiger partial charge in [-0.25, -0.2) is 0 Å². The number of anilines is 1. The van der Waals surface area contributed by atoms with Crippen LogP contribution in [-0.2, 0) is 17.8 Å². The number of carbonyl (C=O) groups excluding carboxylic acids is 1. The molecule has 2 aliphatic rings. The Balaban J connectivity index is 1.20. The van der Waals surface area contributed by atoms with Crippen molar-refractivity contribution in [2.75, 3.05) is 44.6 Å². The second-order valence-corrected chi connectivity index (χ2v) is 7.85. The van der Waals surface area contributed by atoms with Crippen molar-refractivity contribution in [3.05, 3.63) is 53.6 Å². The fourth-order valence-corrected chi connectivity index (χ4v) is 4.10. The molecule has 0 aromatic heterocycles.